The molecule has 0 fully saturated rings. The monoisotopic (exact) mass is 821 g/mol. The van der Waals surface area contributed by atoms with Gasteiger partial charge >= 0.3 is 19.8 Å². The normalized spacial score (nSPS) is 15.0. The van der Waals surface area contributed by atoms with Crippen molar-refractivity contribution in [2.75, 3.05) is 47.5 Å². The highest BCUT2D eigenvalue weighted by atomic mass is 31.2. The summed E-state index contributed by atoms with van der Waals surface area (Å²) >= 11 is 0. The minimum atomic E-state index is -4.42. The van der Waals surface area contributed by atoms with Crippen LogP contribution in [0.4, 0.5) is 0 Å². The number of esters is 2. The summed E-state index contributed by atoms with van der Waals surface area (Å²) in [6, 6.07) is 0. The molecule has 0 aliphatic rings. The van der Waals surface area contributed by atoms with Crippen molar-refractivity contribution >= 4 is 19.8 Å². The third-order valence-corrected chi connectivity index (χ3v) is 9.46. The summed E-state index contributed by atoms with van der Waals surface area (Å²) in [7, 11) is 1.37. The predicted molar refractivity (Wildman–Crippen MR) is 235 cm³/mol. The zero-order chi connectivity index (χ0) is 42.3. The molecule has 0 aliphatic heterocycles. The number of hydrogen-bond acceptors (Lipinski definition) is 8. The number of phosphoric ester groups is 1. The first-order valence-electron chi connectivity index (χ1n) is 21.4. The number of quaternary nitrogens is 1. The number of likely N-dealkylation sites (N-methyl/N-ethyl adjacent to an activating group) is 1. The Bertz CT molecular complexity index is 1260. The van der Waals surface area contributed by atoms with Gasteiger partial charge in [0.05, 0.1) is 33.9 Å². The number of hydrogen-bond donors (Lipinski definition) is 2. The van der Waals surface area contributed by atoms with Gasteiger partial charge in [-0.3, -0.25) is 18.6 Å². The average Bonchev–Trinajstić information content (AvgIpc) is 3.15. The first-order chi connectivity index (χ1) is 27.4. The number of carbonyl (C=O) groups is 2. The molecule has 0 aromatic carbocycles. The molecule has 57 heavy (non-hydrogen) atoms. The fraction of sp³-hybridized carbons (Fsp3) is 0.652. The first-order valence-corrected chi connectivity index (χ1v) is 22.9. The first kappa shape index (κ1) is 54.2. The van der Waals surface area contributed by atoms with Crippen LogP contribution >= 0.6 is 7.82 Å². The SMILES string of the molecule is CCCCC/C=C\C=C/[C@@H](O)C/C=C\C/C=C/CCCC(=O)OC[C@H](COP(=O)(O)OCC[N+](C)(C)C)OC(=O)CCCC/C=C\C/C=C\C/C=C\CCCCC. The molecule has 0 spiro atoms. The van der Waals surface area contributed by atoms with Crippen LogP contribution in [-0.4, -0.2) is 86.1 Å². The molecule has 2 N–H and O–H groups in total. The topological polar surface area (TPSA) is 129 Å². The zero-order valence-corrected chi connectivity index (χ0v) is 37.0. The van der Waals surface area contributed by atoms with E-state index in [-0.39, 0.29) is 26.1 Å². The third kappa shape index (κ3) is 41.1. The number of unbranched alkanes of at least 4 members (excludes halogenated alkanes) is 9. The van der Waals surface area contributed by atoms with Crippen LogP contribution in [0.5, 0.6) is 0 Å². The second-order valence-corrected chi connectivity index (χ2v) is 16.7. The van der Waals surface area contributed by atoms with Gasteiger partial charge in [0.25, 0.3) is 0 Å². The summed E-state index contributed by atoms with van der Waals surface area (Å²) in [5.74, 6) is -0.961. The summed E-state index contributed by atoms with van der Waals surface area (Å²) < 4.78 is 34.1. The van der Waals surface area contributed by atoms with Crippen LogP contribution in [0.3, 0.4) is 0 Å². The highest BCUT2D eigenvalue weighted by Gasteiger charge is 2.27. The molecule has 1 unspecified atom stereocenters. The molecular formula is C46H79NO9P+. The highest BCUT2D eigenvalue weighted by Crippen LogP contribution is 2.43. The summed E-state index contributed by atoms with van der Waals surface area (Å²) in [5, 5.41) is 10.1. The maximum absolute atomic E-state index is 12.7. The van der Waals surface area contributed by atoms with Gasteiger partial charge in [-0.05, 0) is 83.5 Å². The van der Waals surface area contributed by atoms with Crippen LogP contribution < -0.4 is 0 Å². The number of aliphatic hydroxyl groups is 1. The van der Waals surface area contributed by atoms with Gasteiger partial charge in [-0.25, -0.2) is 4.57 Å². The van der Waals surface area contributed by atoms with Crippen molar-refractivity contribution in [1.82, 2.24) is 0 Å². The molecule has 0 bridgehead atoms. The molecule has 0 aromatic rings. The van der Waals surface area contributed by atoms with Crippen LogP contribution in [-0.2, 0) is 32.7 Å². The summed E-state index contributed by atoms with van der Waals surface area (Å²) in [4.78, 5) is 35.3. The molecule has 10 nitrogen and oxygen atoms in total. The van der Waals surface area contributed by atoms with Gasteiger partial charge in [-0.1, -0.05) is 125 Å². The van der Waals surface area contributed by atoms with E-state index in [1.54, 1.807) is 6.08 Å². The van der Waals surface area contributed by atoms with E-state index in [1.165, 1.54) is 38.5 Å². The molecule has 0 aromatic heterocycles. The van der Waals surface area contributed by atoms with Crippen molar-refractivity contribution in [2.45, 2.75) is 148 Å². The Kier molecular flexibility index (Phi) is 35.6. The van der Waals surface area contributed by atoms with Gasteiger partial charge in [0, 0.05) is 12.8 Å². The van der Waals surface area contributed by atoms with E-state index in [1.807, 2.05) is 57.6 Å². The van der Waals surface area contributed by atoms with Crippen LogP contribution in [0.25, 0.3) is 0 Å². The van der Waals surface area contributed by atoms with Crippen LogP contribution in [0.2, 0.25) is 0 Å². The van der Waals surface area contributed by atoms with Crippen LogP contribution in [0.1, 0.15) is 136 Å². The van der Waals surface area contributed by atoms with Crippen molar-refractivity contribution in [1.29, 1.82) is 0 Å². The number of allylic oxidation sites excluding steroid dienone is 12. The van der Waals surface area contributed by atoms with Crippen molar-refractivity contribution in [3.8, 4) is 0 Å². The number of nitrogens with zero attached hydrogens (tertiary/aromatic N) is 1. The molecule has 326 valence electrons. The van der Waals surface area contributed by atoms with E-state index in [2.05, 4.69) is 56.4 Å². The van der Waals surface area contributed by atoms with Gasteiger partial charge in [0.15, 0.2) is 6.10 Å². The van der Waals surface area contributed by atoms with Gasteiger partial charge in [0.2, 0.25) is 0 Å². The fourth-order valence-electron chi connectivity index (χ4n) is 5.03. The predicted octanol–water partition coefficient (Wildman–Crippen LogP) is 11.0. The van der Waals surface area contributed by atoms with E-state index in [0.717, 1.165) is 44.9 Å². The van der Waals surface area contributed by atoms with Crippen molar-refractivity contribution in [2.24, 2.45) is 0 Å². The Hall–Kier alpha value is -2.85. The molecule has 0 radical (unpaired) electrons. The molecular weight excluding hydrogens is 741 g/mol. The minimum Gasteiger partial charge on any atom is -0.462 e. The highest BCUT2D eigenvalue weighted by molar-refractivity contribution is 7.47. The molecule has 0 rings (SSSR count). The Morgan fingerprint density at radius 3 is 1.75 bits per heavy atom. The van der Waals surface area contributed by atoms with Crippen molar-refractivity contribution < 1.29 is 47.2 Å². The smallest absolute Gasteiger partial charge is 0.462 e. The molecule has 3 atom stereocenters. The maximum atomic E-state index is 12.7. The number of rotatable bonds is 37. The van der Waals surface area contributed by atoms with Gasteiger partial charge < -0.3 is 24.0 Å². The summed E-state index contributed by atoms with van der Waals surface area (Å²) in [6.45, 7) is 4.13. The van der Waals surface area contributed by atoms with Crippen LogP contribution in [0.15, 0.2) is 85.1 Å². The van der Waals surface area contributed by atoms with Crippen molar-refractivity contribution in [3.05, 3.63) is 85.1 Å². The largest absolute Gasteiger partial charge is 0.472 e. The molecule has 0 heterocycles. The number of carbonyl (C=O) groups excluding carboxylic acids is 2. The Labute approximate surface area is 346 Å². The van der Waals surface area contributed by atoms with Crippen LogP contribution in [0, 0.1) is 0 Å². The van der Waals surface area contributed by atoms with E-state index < -0.39 is 38.6 Å². The van der Waals surface area contributed by atoms with Gasteiger partial charge in [0.1, 0.15) is 19.8 Å². The van der Waals surface area contributed by atoms with Crippen molar-refractivity contribution in [3.63, 3.8) is 0 Å². The lowest BCUT2D eigenvalue weighted by atomic mass is 10.1. The molecule has 0 amide bonds. The number of phosphoric acid groups is 1. The lowest BCUT2D eigenvalue weighted by molar-refractivity contribution is -0.870. The van der Waals surface area contributed by atoms with E-state index in [9.17, 15) is 24.2 Å². The molecule has 0 aliphatic carbocycles. The Morgan fingerprint density at radius 2 is 1.16 bits per heavy atom. The second kappa shape index (κ2) is 37.4. The Balaban J connectivity index is 4.62. The zero-order valence-electron chi connectivity index (χ0n) is 36.1. The lowest BCUT2D eigenvalue weighted by Crippen LogP contribution is -2.37. The lowest BCUT2D eigenvalue weighted by Gasteiger charge is -2.24. The quantitative estimate of drug-likeness (QED) is 0.0157. The van der Waals surface area contributed by atoms with E-state index in [0.29, 0.717) is 36.7 Å². The van der Waals surface area contributed by atoms with Gasteiger partial charge in [-0.2, -0.15) is 0 Å². The third-order valence-electron chi connectivity index (χ3n) is 8.48. The Morgan fingerprint density at radius 1 is 0.632 bits per heavy atom. The molecule has 0 saturated carbocycles. The average molecular weight is 821 g/mol. The van der Waals surface area contributed by atoms with E-state index >= 15 is 0 Å². The molecule has 11 heteroatoms. The fourth-order valence-corrected chi connectivity index (χ4v) is 5.77. The summed E-state index contributed by atoms with van der Waals surface area (Å²) in [6.07, 6.45) is 43.8. The number of ether oxygens (including phenoxy) is 2. The summed E-state index contributed by atoms with van der Waals surface area (Å²) in [5.41, 5.74) is 0. The van der Waals surface area contributed by atoms with Gasteiger partial charge in [-0.15, -0.1) is 0 Å². The maximum Gasteiger partial charge on any atom is 0.472 e. The number of aliphatic hydroxyl groups excluding tert-OH is 1. The molecule has 0 saturated heterocycles. The minimum absolute atomic E-state index is 0.000802. The second-order valence-electron chi connectivity index (χ2n) is 15.2. The van der Waals surface area contributed by atoms with E-state index in [4.69, 9.17) is 18.5 Å². The standard InChI is InChI=1S/C46H78NO9P/c1-6-8-10-12-14-15-16-17-18-19-20-21-25-30-34-38-46(50)56-44(42-55-57(51,52)54-40-39-47(3,4)5)41-53-45(49)37-33-29-26-22-24-28-32-36-43(48)35-31-27-23-13-11-9-7-2/h14-15,17-18,20-23,26-28,31-32,35,43-44,48H,6-13,16,19,24-25,29-30,33-34,36-42H2,1-5H3/p+1/b15-14-,18-17-,21-20-,26-22+,27-23-,32-28-,35-31-/t43-,44-/m1/s1.